The molecule has 114 valence electrons. The van der Waals surface area contributed by atoms with Gasteiger partial charge in [-0.1, -0.05) is 26.2 Å². The van der Waals surface area contributed by atoms with Crippen LogP contribution in [0.4, 0.5) is 0 Å². The highest BCUT2D eigenvalue weighted by atomic mass is 16.5. The van der Waals surface area contributed by atoms with Gasteiger partial charge in [-0.2, -0.15) is 5.10 Å². The third-order valence-electron chi connectivity index (χ3n) is 4.47. The number of hydrogen-bond donors (Lipinski definition) is 1. The van der Waals surface area contributed by atoms with Crippen LogP contribution >= 0.6 is 0 Å². The van der Waals surface area contributed by atoms with Crippen LogP contribution in [0.25, 0.3) is 0 Å². The fourth-order valence-corrected chi connectivity index (χ4v) is 3.28. The molecule has 1 atom stereocenters. The lowest BCUT2D eigenvalue weighted by Gasteiger charge is -2.41. The predicted molar refractivity (Wildman–Crippen MR) is 78.8 cm³/mol. The Morgan fingerprint density at radius 3 is 2.60 bits per heavy atom. The van der Waals surface area contributed by atoms with E-state index in [2.05, 4.69) is 12.0 Å². The standard InChI is InChI=1S/C15H27N3O2/c1-4-10-18-13(12(19-2)11-17-18)14(16)15(20-3)8-6-5-7-9-15/h11,14H,4-10,16H2,1-3H3. The molecule has 2 rings (SSSR count). The van der Waals surface area contributed by atoms with Gasteiger partial charge in [0.1, 0.15) is 0 Å². The zero-order valence-corrected chi connectivity index (χ0v) is 12.9. The normalized spacial score (nSPS) is 19.8. The van der Waals surface area contributed by atoms with Gasteiger partial charge in [0.25, 0.3) is 0 Å². The molecule has 5 heteroatoms. The van der Waals surface area contributed by atoms with E-state index in [9.17, 15) is 0 Å². The molecule has 0 aliphatic heterocycles. The summed E-state index contributed by atoms with van der Waals surface area (Å²) in [5.41, 5.74) is 7.29. The maximum Gasteiger partial charge on any atom is 0.161 e. The van der Waals surface area contributed by atoms with E-state index >= 15 is 0 Å². The molecule has 0 aromatic carbocycles. The van der Waals surface area contributed by atoms with E-state index in [1.54, 1.807) is 20.4 Å². The van der Waals surface area contributed by atoms with Gasteiger partial charge < -0.3 is 15.2 Å². The average Bonchev–Trinajstić information content (AvgIpc) is 2.90. The minimum Gasteiger partial charge on any atom is -0.493 e. The third-order valence-corrected chi connectivity index (χ3v) is 4.47. The summed E-state index contributed by atoms with van der Waals surface area (Å²) in [7, 11) is 3.45. The zero-order valence-electron chi connectivity index (χ0n) is 12.9. The van der Waals surface area contributed by atoms with Crippen molar-refractivity contribution in [2.45, 2.75) is 63.6 Å². The first-order valence-electron chi connectivity index (χ1n) is 7.59. The molecule has 5 nitrogen and oxygen atoms in total. The highest BCUT2D eigenvalue weighted by molar-refractivity contribution is 5.30. The zero-order chi connectivity index (χ0) is 14.6. The third kappa shape index (κ3) is 2.69. The molecule has 0 radical (unpaired) electrons. The van der Waals surface area contributed by atoms with Gasteiger partial charge in [-0.3, -0.25) is 4.68 Å². The number of aromatic nitrogens is 2. The summed E-state index contributed by atoms with van der Waals surface area (Å²) in [4.78, 5) is 0. The smallest absolute Gasteiger partial charge is 0.161 e. The van der Waals surface area contributed by atoms with Crippen molar-refractivity contribution in [3.8, 4) is 5.75 Å². The summed E-state index contributed by atoms with van der Waals surface area (Å²) in [6.45, 7) is 2.99. The fourth-order valence-electron chi connectivity index (χ4n) is 3.28. The molecule has 2 N–H and O–H groups in total. The molecule has 1 fully saturated rings. The van der Waals surface area contributed by atoms with Crippen molar-refractivity contribution >= 4 is 0 Å². The summed E-state index contributed by atoms with van der Waals surface area (Å²) in [6, 6.07) is -0.197. The van der Waals surface area contributed by atoms with Crippen LogP contribution in [0.3, 0.4) is 0 Å². The van der Waals surface area contributed by atoms with Crippen LogP contribution in [0.5, 0.6) is 5.75 Å². The topological polar surface area (TPSA) is 62.3 Å². The predicted octanol–water partition coefficient (Wildman–Crippen LogP) is 2.65. The molecule has 0 spiro atoms. The van der Waals surface area contributed by atoms with E-state index in [4.69, 9.17) is 15.2 Å². The van der Waals surface area contributed by atoms with E-state index in [0.717, 1.165) is 37.3 Å². The minimum atomic E-state index is -0.281. The van der Waals surface area contributed by atoms with Crippen LogP contribution in [-0.2, 0) is 11.3 Å². The van der Waals surface area contributed by atoms with Gasteiger partial charge in [0.2, 0.25) is 0 Å². The summed E-state index contributed by atoms with van der Waals surface area (Å²) in [6.07, 6.45) is 8.40. The van der Waals surface area contributed by atoms with E-state index in [1.807, 2.05) is 4.68 Å². The van der Waals surface area contributed by atoms with Crippen molar-refractivity contribution in [3.05, 3.63) is 11.9 Å². The monoisotopic (exact) mass is 281 g/mol. The molecule has 1 saturated carbocycles. The van der Waals surface area contributed by atoms with E-state index in [-0.39, 0.29) is 11.6 Å². The number of hydrogen-bond acceptors (Lipinski definition) is 4. The van der Waals surface area contributed by atoms with E-state index in [0.29, 0.717) is 0 Å². The van der Waals surface area contributed by atoms with Crippen molar-refractivity contribution in [1.29, 1.82) is 0 Å². The van der Waals surface area contributed by atoms with Crippen molar-refractivity contribution in [2.24, 2.45) is 5.73 Å². The summed E-state index contributed by atoms with van der Waals surface area (Å²) in [5.74, 6) is 0.771. The van der Waals surface area contributed by atoms with E-state index in [1.165, 1.54) is 19.3 Å². The molecule has 1 heterocycles. The lowest BCUT2D eigenvalue weighted by Crippen LogP contribution is -2.45. The second kappa shape index (κ2) is 6.59. The van der Waals surface area contributed by atoms with Crippen molar-refractivity contribution in [1.82, 2.24) is 9.78 Å². The first-order chi connectivity index (χ1) is 9.68. The first-order valence-corrected chi connectivity index (χ1v) is 7.59. The Morgan fingerprint density at radius 2 is 2.05 bits per heavy atom. The highest BCUT2D eigenvalue weighted by Gasteiger charge is 2.41. The molecule has 0 saturated heterocycles. The van der Waals surface area contributed by atoms with Crippen molar-refractivity contribution in [2.75, 3.05) is 14.2 Å². The lowest BCUT2D eigenvalue weighted by molar-refractivity contribution is -0.0617. The second-order valence-electron chi connectivity index (χ2n) is 5.63. The molecule has 1 unspecified atom stereocenters. The van der Waals surface area contributed by atoms with Gasteiger partial charge >= 0.3 is 0 Å². The van der Waals surface area contributed by atoms with E-state index < -0.39 is 0 Å². The maximum absolute atomic E-state index is 6.60. The Bertz CT molecular complexity index is 425. The Hall–Kier alpha value is -1.07. The van der Waals surface area contributed by atoms with Gasteiger partial charge in [-0.15, -0.1) is 0 Å². The quantitative estimate of drug-likeness (QED) is 0.870. The number of ether oxygens (including phenoxy) is 2. The van der Waals surface area contributed by atoms with Crippen LogP contribution in [0, 0.1) is 0 Å². The average molecular weight is 281 g/mol. The van der Waals surface area contributed by atoms with Crippen LogP contribution in [0.2, 0.25) is 0 Å². The fraction of sp³-hybridized carbons (Fsp3) is 0.800. The van der Waals surface area contributed by atoms with Crippen molar-refractivity contribution in [3.63, 3.8) is 0 Å². The molecular weight excluding hydrogens is 254 g/mol. The van der Waals surface area contributed by atoms with Crippen molar-refractivity contribution < 1.29 is 9.47 Å². The highest BCUT2D eigenvalue weighted by Crippen LogP contribution is 2.42. The Morgan fingerprint density at radius 1 is 1.35 bits per heavy atom. The minimum absolute atomic E-state index is 0.197. The number of nitrogens with zero attached hydrogens (tertiary/aromatic N) is 2. The molecule has 1 aliphatic carbocycles. The second-order valence-corrected chi connectivity index (χ2v) is 5.63. The van der Waals surface area contributed by atoms with Crippen LogP contribution in [-0.4, -0.2) is 29.6 Å². The molecule has 1 aliphatic rings. The molecule has 1 aromatic rings. The van der Waals surface area contributed by atoms with Gasteiger partial charge in [0.05, 0.1) is 30.6 Å². The molecule has 1 aromatic heterocycles. The molecule has 0 bridgehead atoms. The SMILES string of the molecule is CCCn1ncc(OC)c1C(N)C1(OC)CCCCC1. The Labute approximate surface area is 121 Å². The van der Waals surface area contributed by atoms with Gasteiger partial charge in [0, 0.05) is 13.7 Å². The van der Waals surface area contributed by atoms with Gasteiger partial charge in [-0.05, 0) is 19.3 Å². The first kappa shape index (κ1) is 15.3. The number of rotatable bonds is 6. The summed E-state index contributed by atoms with van der Waals surface area (Å²) >= 11 is 0. The summed E-state index contributed by atoms with van der Waals surface area (Å²) in [5, 5.41) is 4.41. The van der Waals surface area contributed by atoms with Gasteiger partial charge in [0.15, 0.2) is 5.75 Å². The molecule has 20 heavy (non-hydrogen) atoms. The largest absolute Gasteiger partial charge is 0.493 e. The Balaban J connectivity index is 2.34. The molecule has 0 amide bonds. The molecular formula is C15H27N3O2. The number of methoxy groups -OCH3 is 2. The van der Waals surface area contributed by atoms with Crippen LogP contribution in [0.15, 0.2) is 6.20 Å². The Kier molecular flexibility index (Phi) is 5.05. The maximum atomic E-state index is 6.60. The van der Waals surface area contributed by atoms with Crippen LogP contribution in [0.1, 0.15) is 57.2 Å². The van der Waals surface area contributed by atoms with Crippen LogP contribution < -0.4 is 10.5 Å². The number of nitrogens with two attached hydrogens (primary N) is 1. The lowest BCUT2D eigenvalue weighted by atomic mass is 9.78. The van der Waals surface area contributed by atoms with Gasteiger partial charge in [-0.25, -0.2) is 0 Å². The number of aryl methyl sites for hydroxylation is 1. The summed E-state index contributed by atoms with van der Waals surface area (Å²) < 4.78 is 13.3.